The standard InChI is InChI=1S/C11H14F3NO7S2/c12-11(13,14)23(17,18)15-24(19,20)22-9-6-1-5-2-7(4-6)10(16)21-8(9)3-5/h5-9,15H,1-4H2. The predicted octanol–water partition coefficient (Wildman–Crippen LogP) is 0.417. The smallest absolute Gasteiger partial charge is 0.459 e. The van der Waals surface area contributed by atoms with Crippen LogP contribution in [0.15, 0.2) is 0 Å². The molecule has 0 amide bonds. The van der Waals surface area contributed by atoms with Gasteiger partial charge in [-0.15, -0.1) is 0 Å². The molecule has 0 radical (unpaired) electrons. The van der Waals surface area contributed by atoms with Gasteiger partial charge in [0.1, 0.15) is 12.2 Å². The second-order valence-electron chi connectivity index (χ2n) is 6.29. The van der Waals surface area contributed by atoms with E-state index in [2.05, 4.69) is 4.18 Å². The molecule has 1 N–H and O–H groups in total. The zero-order valence-electron chi connectivity index (χ0n) is 12.0. The number of rotatable bonds is 4. The molecule has 8 nitrogen and oxygen atoms in total. The number of carbonyl (C=O) groups is 1. The number of carbonyl (C=O) groups excluding carboxylic acids is 1. The molecule has 4 fully saturated rings. The van der Waals surface area contributed by atoms with E-state index in [1.54, 1.807) is 0 Å². The first kappa shape index (κ1) is 17.9. The lowest BCUT2D eigenvalue weighted by Crippen LogP contribution is -2.49. The number of esters is 1. The summed E-state index contributed by atoms with van der Waals surface area (Å²) in [6.07, 6.45) is -0.291. The molecule has 138 valence electrons. The van der Waals surface area contributed by atoms with Crippen LogP contribution < -0.4 is 4.13 Å². The van der Waals surface area contributed by atoms with E-state index in [9.17, 15) is 34.8 Å². The molecule has 5 unspecified atom stereocenters. The summed E-state index contributed by atoms with van der Waals surface area (Å²) in [5, 5.41) is 0. The Morgan fingerprint density at radius 2 is 1.75 bits per heavy atom. The van der Waals surface area contributed by atoms with Crippen LogP contribution >= 0.6 is 0 Å². The molecule has 4 bridgehead atoms. The van der Waals surface area contributed by atoms with Crippen molar-refractivity contribution in [1.82, 2.24) is 4.13 Å². The summed E-state index contributed by atoms with van der Waals surface area (Å²) >= 11 is 0. The summed E-state index contributed by atoms with van der Waals surface area (Å²) in [5.41, 5.74) is -5.79. The molecular weight excluding hydrogens is 379 g/mol. The molecule has 2 heterocycles. The summed E-state index contributed by atoms with van der Waals surface area (Å²) in [4.78, 5) is 11.8. The Morgan fingerprint density at radius 1 is 1.08 bits per heavy atom. The first-order valence-corrected chi connectivity index (χ1v) is 10.0. The molecule has 0 aromatic rings. The maximum atomic E-state index is 12.3. The molecule has 0 aromatic carbocycles. The highest BCUT2D eigenvalue weighted by Crippen LogP contribution is 2.48. The number of sulfonamides is 1. The van der Waals surface area contributed by atoms with E-state index < -0.39 is 49.9 Å². The quantitative estimate of drug-likeness (QED) is 0.688. The molecule has 2 saturated heterocycles. The monoisotopic (exact) mass is 393 g/mol. The number of ether oxygens (including phenoxy) is 1. The summed E-state index contributed by atoms with van der Waals surface area (Å²) in [5.74, 6) is -1.11. The van der Waals surface area contributed by atoms with Gasteiger partial charge in [0.2, 0.25) is 0 Å². The minimum absolute atomic E-state index is 0.152. The van der Waals surface area contributed by atoms with Crippen molar-refractivity contribution >= 4 is 26.3 Å². The van der Waals surface area contributed by atoms with Crippen LogP contribution in [0.2, 0.25) is 0 Å². The highest BCUT2D eigenvalue weighted by atomic mass is 32.3. The van der Waals surface area contributed by atoms with Crippen LogP contribution in [0.25, 0.3) is 0 Å². The minimum Gasteiger partial charge on any atom is -0.459 e. The topological polar surface area (TPSA) is 116 Å². The summed E-state index contributed by atoms with van der Waals surface area (Å²) in [7, 11) is -11.4. The van der Waals surface area contributed by atoms with Crippen LogP contribution in [0.3, 0.4) is 0 Å². The zero-order valence-corrected chi connectivity index (χ0v) is 13.7. The Labute approximate surface area is 136 Å². The van der Waals surface area contributed by atoms with Crippen molar-refractivity contribution in [3.8, 4) is 0 Å². The van der Waals surface area contributed by atoms with E-state index >= 15 is 0 Å². The Kier molecular flexibility index (Phi) is 4.13. The summed E-state index contributed by atoms with van der Waals surface area (Å²) in [6.45, 7) is 0. The van der Waals surface area contributed by atoms with Gasteiger partial charge < -0.3 is 4.74 Å². The number of fused-ring (bicyclic) bond motifs is 1. The van der Waals surface area contributed by atoms with E-state index in [-0.39, 0.29) is 11.8 Å². The largest absolute Gasteiger partial charge is 0.512 e. The summed E-state index contributed by atoms with van der Waals surface area (Å²) < 4.78 is 92.6. The van der Waals surface area contributed by atoms with Crippen LogP contribution in [0.4, 0.5) is 13.2 Å². The van der Waals surface area contributed by atoms with Crippen molar-refractivity contribution in [3.05, 3.63) is 0 Å². The van der Waals surface area contributed by atoms with Crippen LogP contribution in [-0.2, 0) is 34.0 Å². The maximum absolute atomic E-state index is 12.3. The van der Waals surface area contributed by atoms with Gasteiger partial charge in [0.15, 0.2) is 0 Å². The van der Waals surface area contributed by atoms with Crippen LogP contribution in [-0.4, -0.2) is 40.5 Å². The molecule has 5 atom stereocenters. The molecule has 4 rings (SSSR count). The highest BCUT2D eigenvalue weighted by Gasteiger charge is 2.53. The fourth-order valence-corrected chi connectivity index (χ4v) is 5.94. The van der Waals surface area contributed by atoms with Crippen LogP contribution in [0.1, 0.15) is 25.7 Å². The summed E-state index contributed by atoms with van der Waals surface area (Å²) in [6, 6.07) is 0. The molecule has 2 aliphatic heterocycles. The number of hydrogen-bond acceptors (Lipinski definition) is 7. The fourth-order valence-electron chi connectivity index (χ4n) is 3.75. The lowest BCUT2D eigenvalue weighted by molar-refractivity contribution is -0.155. The Balaban J connectivity index is 1.79. The third-order valence-corrected chi connectivity index (χ3v) is 7.37. The van der Waals surface area contributed by atoms with Crippen LogP contribution in [0, 0.1) is 17.8 Å². The molecule has 2 aliphatic carbocycles. The van der Waals surface area contributed by atoms with E-state index in [4.69, 9.17) is 4.74 Å². The second-order valence-corrected chi connectivity index (χ2v) is 9.53. The second kappa shape index (κ2) is 5.54. The minimum atomic E-state index is -6.12. The van der Waals surface area contributed by atoms with Gasteiger partial charge in [-0.3, -0.25) is 4.79 Å². The lowest BCUT2D eigenvalue weighted by Gasteiger charge is -2.41. The molecule has 0 spiro atoms. The van der Waals surface area contributed by atoms with Gasteiger partial charge in [-0.25, -0.2) is 12.6 Å². The van der Waals surface area contributed by atoms with E-state index in [0.29, 0.717) is 29.8 Å². The van der Waals surface area contributed by atoms with Gasteiger partial charge in [0, 0.05) is 0 Å². The molecule has 4 aliphatic rings. The predicted molar refractivity (Wildman–Crippen MR) is 70.7 cm³/mol. The van der Waals surface area contributed by atoms with Crippen molar-refractivity contribution in [3.63, 3.8) is 0 Å². The fraction of sp³-hybridized carbons (Fsp3) is 0.909. The number of alkyl halides is 3. The van der Waals surface area contributed by atoms with E-state index in [1.165, 1.54) is 0 Å². The SMILES string of the molecule is O=C1OC2CC3CC1CC(C3)C2OS(=O)(=O)NS(=O)(=O)C(F)(F)F. The van der Waals surface area contributed by atoms with Gasteiger partial charge in [0.05, 0.1) is 5.92 Å². The lowest BCUT2D eigenvalue weighted by atomic mass is 9.67. The van der Waals surface area contributed by atoms with Crippen molar-refractivity contribution in [2.24, 2.45) is 17.8 Å². The first-order chi connectivity index (χ1) is 10.9. The van der Waals surface area contributed by atoms with Gasteiger partial charge in [-0.2, -0.15) is 21.6 Å². The molecular formula is C11H14F3NO7S2. The Morgan fingerprint density at radius 3 is 2.38 bits per heavy atom. The van der Waals surface area contributed by atoms with E-state index in [0.717, 1.165) is 0 Å². The molecule has 24 heavy (non-hydrogen) atoms. The normalized spacial score (nSPS) is 36.5. The first-order valence-electron chi connectivity index (χ1n) is 7.11. The third kappa shape index (κ3) is 3.26. The Bertz CT molecular complexity index is 748. The average Bonchev–Trinajstić information content (AvgIpc) is 2.54. The number of nitrogens with one attached hydrogen (secondary N) is 1. The zero-order chi connectivity index (χ0) is 17.9. The molecule has 2 saturated carbocycles. The van der Waals surface area contributed by atoms with E-state index in [1.807, 2.05) is 0 Å². The van der Waals surface area contributed by atoms with Crippen molar-refractivity contribution in [2.75, 3.05) is 0 Å². The van der Waals surface area contributed by atoms with Gasteiger partial charge in [-0.05, 0) is 37.5 Å². The highest BCUT2D eigenvalue weighted by molar-refractivity contribution is 8.03. The number of halogens is 3. The maximum Gasteiger partial charge on any atom is 0.512 e. The van der Waals surface area contributed by atoms with Crippen LogP contribution in [0.5, 0.6) is 0 Å². The number of hydrogen-bond donors (Lipinski definition) is 1. The molecule has 13 heteroatoms. The van der Waals surface area contributed by atoms with Crippen molar-refractivity contribution in [2.45, 2.75) is 43.4 Å². The Hall–Kier alpha value is -0.920. The van der Waals surface area contributed by atoms with Gasteiger partial charge in [0.25, 0.3) is 0 Å². The van der Waals surface area contributed by atoms with Gasteiger partial charge >= 0.3 is 31.8 Å². The van der Waals surface area contributed by atoms with Gasteiger partial charge in [-0.1, -0.05) is 4.13 Å². The van der Waals surface area contributed by atoms with Crippen molar-refractivity contribution in [1.29, 1.82) is 0 Å². The molecule has 0 aromatic heterocycles. The average molecular weight is 393 g/mol. The van der Waals surface area contributed by atoms with Crippen molar-refractivity contribution < 1.29 is 43.7 Å². The third-order valence-electron chi connectivity index (χ3n) is 4.59.